The van der Waals surface area contributed by atoms with Crippen LogP contribution < -0.4 is 5.32 Å². The summed E-state index contributed by atoms with van der Waals surface area (Å²) >= 11 is 1.36. The van der Waals surface area contributed by atoms with Crippen molar-refractivity contribution in [3.05, 3.63) is 65.0 Å². The van der Waals surface area contributed by atoms with Crippen LogP contribution in [0.25, 0.3) is 10.1 Å². The normalized spacial score (nSPS) is 10.5. The number of nitrogens with one attached hydrogen (secondary N) is 1. The average molecular weight is 339 g/mol. The molecule has 0 unspecified atom stereocenters. The second kappa shape index (κ2) is 7.27. The van der Waals surface area contributed by atoms with Crippen LogP contribution in [0.2, 0.25) is 0 Å². The quantitative estimate of drug-likeness (QED) is 0.707. The molecular weight excluding hydrogens is 322 g/mol. The van der Waals surface area contributed by atoms with Gasteiger partial charge in [0, 0.05) is 10.4 Å². The molecule has 3 rings (SSSR count). The third kappa shape index (κ3) is 3.81. The minimum Gasteiger partial charge on any atom is -0.451 e. The SMILES string of the molecule is CCc1cccc(NC(=O)COC(=O)c2cc3ccccc3s2)c1. The zero-order valence-corrected chi connectivity index (χ0v) is 14.1. The Kier molecular flexibility index (Phi) is 4.91. The number of anilines is 1. The van der Waals surface area contributed by atoms with Crippen molar-refractivity contribution in [3.8, 4) is 0 Å². The van der Waals surface area contributed by atoms with E-state index in [0.717, 1.165) is 22.1 Å². The van der Waals surface area contributed by atoms with Gasteiger partial charge in [-0.1, -0.05) is 37.3 Å². The van der Waals surface area contributed by atoms with Gasteiger partial charge in [0.25, 0.3) is 5.91 Å². The second-order valence-corrected chi connectivity index (χ2v) is 6.41. The fourth-order valence-electron chi connectivity index (χ4n) is 2.35. The highest BCUT2D eigenvalue weighted by Crippen LogP contribution is 2.25. The molecule has 2 aromatic carbocycles. The highest BCUT2D eigenvalue weighted by atomic mass is 32.1. The van der Waals surface area contributed by atoms with E-state index in [1.807, 2.05) is 55.5 Å². The Hall–Kier alpha value is -2.66. The molecule has 122 valence electrons. The van der Waals surface area contributed by atoms with Crippen molar-refractivity contribution in [2.75, 3.05) is 11.9 Å². The molecule has 1 amide bonds. The molecule has 3 aromatic rings. The second-order valence-electron chi connectivity index (χ2n) is 5.33. The van der Waals surface area contributed by atoms with E-state index in [1.165, 1.54) is 11.3 Å². The number of hydrogen-bond donors (Lipinski definition) is 1. The van der Waals surface area contributed by atoms with E-state index >= 15 is 0 Å². The topological polar surface area (TPSA) is 55.4 Å². The Morgan fingerprint density at radius 1 is 1.08 bits per heavy atom. The Morgan fingerprint density at radius 3 is 2.71 bits per heavy atom. The van der Waals surface area contributed by atoms with E-state index in [2.05, 4.69) is 5.32 Å². The van der Waals surface area contributed by atoms with Gasteiger partial charge < -0.3 is 10.1 Å². The number of carbonyl (C=O) groups is 2. The molecule has 5 heteroatoms. The van der Waals surface area contributed by atoms with Crippen LogP contribution >= 0.6 is 11.3 Å². The standard InChI is InChI=1S/C19H17NO3S/c1-2-13-6-5-8-15(10-13)20-18(21)12-23-19(22)17-11-14-7-3-4-9-16(14)24-17/h3-11H,2,12H2,1H3,(H,20,21). The van der Waals surface area contributed by atoms with Crippen molar-refractivity contribution in [3.63, 3.8) is 0 Å². The predicted molar refractivity (Wildman–Crippen MR) is 96.6 cm³/mol. The van der Waals surface area contributed by atoms with Crippen LogP contribution in [0.1, 0.15) is 22.2 Å². The summed E-state index contributed by atoms with van der Waals surface area (Å²) in [6.07, 6.45) is 0.893. The number of hydrogen-bond acceptors (Lipinski definition) is 4. The lowest BCUT2D eigenvalue weighted by atomic mass is 10.1. The molecule has 0 spiro atoms. The number of rotatable bonds is 5. The van der Waals surface area contributed by atoms with Gasteiger partial charge in [0.1, 0.15) is 4.88 Å². The van der Waals surface area contributed by atoms with E-state index in [-0.39, 0.29) is 12.5 Å². The van der Waals surface area contributed by atoms with Gasteiger partial charge in [-0.25, -0.2) is 4.79 Å². The van der Waals surface area contributed by atoms with Gasteiger partial charge in [0.2, 0.25) is 0 Å². The minimum absolute atomic E-state index is 0.302. The summed E-state index contributed by atoms with van der Waals surface area (Å²) in [6.45, 7) is 1.75. The molecule has 0 fully saturated rings. The highest BCUT2D eigenvalue weighted by molar-refractivity contribution is 7.20. The number of fused-ring (bicyclic) bond motifs is 1. The maximum absolute atomic E-state index is 12.1. The summed E-state index contributed by atoms with van der Waals surface area (Å²) in [5.74, 6) is -0.827. The fraction of sp³-hybridized carbons (Fsp3) is 0.158. The molecule has 0 radical (unpaired) electrons. The summed E-state index contributed by atoms with van der Waals surface area (Å²) in [4.78, 5) is 24.5. The maximum atomic E-state index is 12.1. The molecule has 4 nitrogen and oxygen atoms in total. The van der Waals surface area contributed by atoms with Crippen LogP contribution in [0, 0.1) is 0 Å². The zero-order valence-electron chi connectivity index (χ0n) is 13.2. The Bertz CT molecular complexity index is 852. The zero-order chi connectivity index (χ0) is 16.9. The number of ether oxygens (including phenoxy) is 1. The highest BCUT2D eigenvalue weighted by Gasteiger charge is 2.13. The molecular formula is C19H17NO3S. The molecule has 0 bridgehead atoms. The van der Waals surface area contributed by atoms with Gasteiger partial charge in [-0.2, -0.15) is 0 Å². The molecule has 1 heterocycles. The first-order valence-corrected chi connectivity index (χ1v) is 8.52. The van der Waals surface area contributed by atoms with Gasteiger partial charge >= 0.3 is 5.97 Å². The summed E-state index contributed by atoms with van der Waals surface area (Å²) in [6, 6.07) is 17.1. The number of amides is 1. The predicted octanol–water partition coefficient (Wildman–Crippen LogP) is 4.26. The molecule has 1 aromatic heterocycles. The summed E-state index contributed by atoms with van der Waals surface area (Å²) in [5, 5.41) is 3.73. The van der Waals surface area contributed by atoms with Crippen molar-refractivity contribution in [2.24, 2.45) is 0 Å². The monoisotopic (exact) mass is 339 g/mol. The summed E-state index contributed by atoms with van der Waals surface area (Å²) in [5.41, 5.74) is 1.84. The van der Waals surface area contributed by atoms with E-state index in [1.54, 1.807) is 6.07 Å². The largest absolute Gasteiger partial charge is 0.451 e. The molecule has 0 saturated heterocycles. The third-order valence-corrected chi connectivity index (χ3v) is 4.68. The summed E-state index contributed by atoms with van der Waals surface area (Å²) < 4.78 is 6.13. The Balaban J connectivity index is 1.58. The van der Waals surface area contributed by atoms with E-state index in [4.69, 9.17) is 4.74 Å². The summed E-state index contributed by atoms with van der Waals surface area (Å²) in [7, 11) is 0. The maximum Gasteiger partial charge on any atom is 0.348 e. The third-order valence-electron chi connectivity index (χ3n) is 3.58. The van der Waals surface area contributed by atoms with Gasteiger partial charge in [-0.15, -0.1) is 11.3 Å². The minimum atomic E-state index is -0.478. The lowest BCUT2D eigenvalue weighted by Crippen LogP contribution is -2.20. The van der Waals surface area contributed by atoms with Crippen molar-refractivity contribution >= 4 is 39.0 Å². The van der Waals surface area contributed by atoms with Crippen molar-refractivity contribution in [2.45, 2.75) is 13.3 Å². The first-order chi connectivity index (χ1) is 11.7. The van der Waals surface area contributed by atoms with Crippen LogP contribution in [-0.4, -0.2) is 18.5 Å². The first kappa shape index (κ1) is 16.2. The molecule has 0 aliphatic carbocycles. The first-order valence-electron chi connectivity index (χ1n) is 7.70. The number of carbonyl (C=O) groups excluding carboxylic acids is 2. The number of esters is 1. The molecule has 0 aliphatic rings. The molecule has 1 N–H and O–H groups in total. The van der Waals surface area contributed by atoms with Crippen molar-refractivity contribution < 1.29 is 14.3 Å². The molecule has 0 atom stereocenters. The molecule has 0 aliphatic heterocycles. The van der Waals surface area contributed by atoms with Crippen LogP contribution in [0.4, 0.5) is 5.69 Å². The smallest absolute Gasteiger partial charge is 0.348 e. The lowest BCUT2D eigenvalue weighted by molar-refractivity contribution is -0.119. The van der Waals surface area contributed by atoms with Crippen LogP contribution in [-0.2, 0) is 16.0 Å². The van der Waals surface area contributed by atoms with Crippen LogP contribution in [0.5, 0.6) is 0 Å². The van der Waals surface area contributed by atoms with Crippen molar-refractivity contribution in [1.82, 2.24) is 0 Å². The fourth-order valence-corrected chi connectivity index (χ4v) is 3.31. The Labute approximate surface area is 144 Å². The van der Waals surface area contributed by atoms with Gasteiger partial charge in [0.15, 0.2) is 6.61 Å². The van der Waals surface area contributed by atoms with Crippen LogP contribution in [0.3, 0.4) is 0 Å². The van der Waals surface area contributed by atoms with E-state index < -0.39 is 5.97 Å². The van der Waals surface area contributed by atoms with Crippen molar-refractivity contribution in [1.29, 1.82) is 0 Å². The lowest BCUT2D eigenvalue weighted by Gasteiger charge is -2.07. The van der Waals surface area contributed by atoms with Gasteiger partial charge in [-0.3, -0.25) is 4.79 Å². The van der Waals surface area contributed by atoms with E-state index in [9.17, 15) is 9.59 Å². The molecule has 0 saturated carbocycles. The average Bonchev–Trinajstić information content (AvgIpc) is 3.04. The Morgan fingerprint density at radius 2 is 1.92 bits per heavy atom. The number of benzene rings is 2. The van der Waals surface area contributed by atoms with E-state index in [0.29, 0.717) is 10.6 Å². The molecule has 24 heavy (non-hydrogen) atoms. The van der Waals surface area contributed by atoms with Gasteiger partial charge in [0.05, 0.1) is 0 Å². The van der Waals surface area contributed by atoms with Crippen LogP contribution in [0.15, 0.2) is 54.6 Å². The number of thiophene rings is 1. The number of aryl methyl sites for hydroxylation is 1. The van der Waals surface area contributed by atoms with Gasteiger partial charge in [-0.05, 0) is 41.6 Å².